The zero-order chi connectivity index (χ0) is 19.5. The summed E-state index contributed by atoms with van der Waals surface area (Å²) >= 11 is 0. The molecule has 0 saturated heterocycles. The van der Waals surface area contributed by atoms with Crippen molar-refractivity contribution < 1.29 is 18.7 Å². The summed E-state index contributed by atoms with van der Waals surface area (Å²) in [5.74, 6) is 0.582. The summed E-state index contributed by atoms with van der Waals surface area (Å²) in [6, 6.07) is 13.5. The SMILES string of the molecule is CCC(=O)N(CCCOC)CC(=O)N(Cc1ccccc1)Cc1ccco1. The molecule has 2 aromatic rings. The number of ether oxygens (including phenoxy) is 1. The number of furan rings is 1. The number of rotatable bonds is 11. The molecule has 0 fully saturated rings. The van der Waals surface area contributed by atoms with Crippen LogP contribution in [0.15, 0.2) is 53.1 Å². The molecule has 0 spiro atoms. The van der Waals surface area contributed by atoms with Crippen LogP contribution in [0.1, 0.15) is 31.1 Å². The van der Waals surface area contributed by atoms with Crippen LogP contribution in [-0.2, 0) is 27.4 Å². The van der Waals surface area contributed by atoms with E-state index < -0.39 is 0 Å². The molecule has 0 N–H and O–H groups in total. The molecule has 6 heteroatoms. The maximum atomic E-state index is 13.0. The van der Waals surface area contributed by atoms with Gasteiger partial charge in [-0.25, -0.2) is 0 Å². The molecule has 2 rings (SSSR count). The highest BCUT2D eigenvalue weighted by molar-refractivity contribution is 5.84. The van der Waals surface area contributed by atoms with Crippen LogP contribution in [0.5, 0.6) is 0 Å². The first-order valence-corrected chi connectivity index (χ1v) is 9.24. The molecule has 0 unspecified atom stereocenters. The summed E-state index contributed by atoms with van der Waals surface area (Å²) < 4.78 is 10.5. The molecule has 0 aliphatic rings. The second-order valence-electron chi connectivity index (χ2n) is 6.33. The van der Waals surface area contributed by atoms with Gasteiger partial charge in [-0.1, -0.05) is 37.3 Å². The maximum absolute atomic E-state index is 13.0. The van der Waals surface area contributed by atoms with Crippen LogP contribution in [0.4, 0.5) is 0 Å². The van der Waals surface area contributed by atoms with Gasteiger partial charge in [-0.2, -0.15) is 0 Å². The molecular weight excluding hydrogens is 344 g/mol. The number of carbonyl (C=O) groups is 2. The summed E-state index contributed by atoms with van der Waals surface area (Å²) in [6.45, 7) is 3.76. The minimum absolute atomic E-state index is 0.0305. The third-order valence-electron chi connectivity index (χ3n) is 4.25. The average Bonchev–Trinajstić information content (AvgIpc) is 3.20. The second kappa shape index (κ2) is 11.2. The predicted molar refractivity (Wildman–Crippen MR) is 103 cm³/mol. The molecule has 146 valence electrons. The fourth-order valence-electron chi connectivity index (χ4n) is 2.81. The normalized spacial score (nSPS) is 10.6. The van der Waals surface area contributed by atoms with Crippen molar-refractivity contribution >= 4 is 11.8 Å². The summed E-state index contributed by atoms with van der Waals surface area (Å²) in [5, 5.41) is 0. The summed E-state index contributed by atoms with van der Waals surface area (Å²) in [7, 11) is 1.63. The van der Waals surface area contributed by atoms with Gasteiger partial charge in [0.1, 0.15) is 5.76 Å². The van der Waals surface area contributed by atoms with Crippen LogP contribution in [0.2, 0.25) is 0 Å². The van der Waals surface area contributed by atoms with Crippen molar-refractivity contribution in [2.45, 2.75) is 32.9 Å². The van der Waals surface area contributed by atoms with Gasteiger partial charge in [0.15, 0.2) is 0 Å². The van der Waals surface area contributed by atoms with Gasteiger partial charge in [-0.3, -0.25) is 9.59 Å². The molecule has 1 aromatic carbocycles. The third kappa shape index (κ3) is 6.90. The lowest BCUT2D eigenvalue weighted by atomic mass is 10.2. The first kappa shape index (κ1) is 20.7. The molecule has 1 heterocycles. The molecule has 0 aliphatic carbocycles. The molecule has 0 atom stereocenters. The van der Waals surface area contributed by atoms with E-state index in [9.17, 15) is 9.59 Å². The number of benzene rings is 1. The Morgan fingerprint density at radius 1 is 1.00 bits per heavy atom. The summed E-state index contributed by atoms with van der Waals surface area (Å²) in [6.07, 6.45) is 2.67. The van der Waals surface area contributed by atoms with Gasteiger partial charge in [0.2, 0.25) is 11.8 Å². The molecule has 27 heavy (non-hydrogen) atoms. The number of nitrogens with zero attached hydrogens (tertiary/aromatic N) is 2. The fourth-order valence-corrected chi connectivity index (χ4v) is 2.81. The minimum atomic E-state index is -0.102. The highest BCUT2D eigenvalue weighted by atomic mass is 16.5. The Hall–Kier alpha value is -2.60. The van der Waals surface area contributed by atoms with Gasteiger partial charge in [-0.15, -0.1) is 0 Å². The van der Waals surface area contributed by atoms with Crippen molar-refractivity contribution in [1.29, 1.82) is 0 Å². The molecule has 1 aromatic heterocycles. The Labute approximate surface area is 160 Å². The average molecular weight is 372 g/mol. The molecule has 0 bridgehead atoms. The standard InChI is InChI=1S/C21H28N2O4/c1-3-20(24)22(12-8-13-26-2)17-21(25)23(16-19-11-7-14-27-19)15-18-9-5-4-6-10-18/h4-7,9-11,14H,3,8,12-13,15-17H2,1-2H3. The molecule has 2 amide bonds. The van der Waals surface area contributed by atoms with Crippen molar-refractivity contribution in [1.82, 2.24) is 9.80 Å². The zero-order valence-corrected chi connectivity index (χ0v) is 16.1. The Bertz CT molecular complexity index is 685. The number of methoxy groups -OCH3 is 1. The first-order chi connectivity index (χ1) is 13.1. The Morgan fingerprint density at radius 2 is 1.78 bits per heavy atom. The van der Waals surface area contributed by atoms with E-state index in [4.69, 9.17) is 9.15 Å². The minimum Gasteiger partial charge on any atom is -0.467 e. The second-order valence-corrected chi connectivity index (χ2v) is 6.33. The van der Waals surface area contributed by atoms with Crippen LogP contribution < -0.4 is 0 Å². The van der Waals surface area contributed by atoms with Crippen LogP contribution >= 0.6 is 0 Å². The van der Waals surface area contributed by atoms with Gasteiger partial charge in [0.25, 0.3) is 0 Å². The Morgan fingerprint density at radius 3 is 2.41 bits per heavy atom. The largest absolute Gasteiger partial charge is 0.467 e. The van der Waals surface area contributed by atoms with E-state index in [1.54, 1.807) is 36.2 Å². The van der Waals surface area contributed by atoms with Gasteiger partial charge < -0.3 is 19.0 Å². The van der Waals surface area contributed by atoms with E-state index in [0.717, 1.165) is 5.56 Å². The van der Waals surface area contributed by atoms with E-state index in [1.165, 1.54) is 0 Å². The van der Waals surface area contributed by atoms with E-state index in [1.807, 2.05) is 36.4 Å². The maximum Gasteiger partial charge on any atom is 0.242 e. The van der Waals surface area contributed by atoms with E-state index >= 15 is 0 Å². The smallest absolute Gasteiger partial charge is 0.242 e. The summed E-state index contributed by atoms with van der Waals surface area (Å²) in [4.78, 5) is 28.6. The zero-order valence-electron chi connectivity index (χ0n) is 16.1. The van der Waals surface area contributed by atoms with E-state index in [2.05, 4.69) is 0 Å². The van der Waals surface area contributed by atoms with Crippen LogP contribution in [0.3, 0.4) is 0 Å². The third-order valence-corrected chi connectivity index (χ3v) is 4.25. The lowest BCUT2D eigenvalue weighted by molar-refractivity contribution is -0.141. The van der Waals surface area contributed by atoms with Crippen LogP contribution in [0.25, 0.3) is 0 Å². The Balaban J connectivity index is 2.08. The molecule has 0 aliphatic heterocycles. The highest BCUT2D eigenvalue weighted by Crippen LogP contribution is 2.12. The first-order valence-electron chi connectivity index (χ1n) is 9.24. The van der Waals surface area contributed by atoms with Crippen LogP contribution in [-0.4, -0.2) is 48.4 Å². The van der Waals surface area contributed by atoms with Gasteiger partial charge in [-0.05, 0) is 24.1 Å². The van der Waals surface area contributed by atoms with Gasteiger partial charge in [0, 0.05) is 33.2 Å². The fraction of sp³-hybridized carbons (Fsp3) is 0.429. The number of hydrogen-bond acceptors (Lipinski definition) is 4. The topological polar surface area (TPSA) is 63.0 Å². The van der Waals surface area contributed by atoms with E-state index in [-0.39, 0.29) is 18.4 Å². The monoisotopic (exact) mass is 372 g/mol. The van der Waals surface area contributed by atoms with Crippen LogP contribution in [0, 0.1) is 0 Å². The van der Waals surface area contributed by atoms with Crippen molar-refractivity contribution in [3.05, 3.63) is 60.1 Å². The quantitative estimate of drug-likeness (QED) is 0.569. The van der Waals surface area contributed by atoms with Crippen molar-refractivity contribution in [3.8, 4) is 0 Å². The Kier molecular flexibility index (Phi) is 8.58. The lowest BCUT2D eigenvalue weighted by Gasteiger charge is -2.27. The van der Waals surface area contributed by atoms with Crippen molar-refractivity contribution in [2.24, 2.45) is 0 Å². The molecule has 6 nitrogen and oxygen atoms in total. The molecular formula is C21H28N2O4. The molecule has 0 saturated carbocycles. The van der Waals surface area contributed by atoms with Gasteiger partial charge in [0.05, 0.1) is 19.4 Å². The number of carbonyl (C=O) groups excluding carboxylic acids is 2. The highest BCUT2D eigenvalue weighted by Gasteiger charge is 2.21. The lowest BCUT2D eigenvalue weighted by Crippen LogP contribution is -2.42. The number of hydrogen-bond donors (Lipinski definition) is 0. The van der Waals surface area contributed by atoms with Crippen molar-refractivity contribution in [2.75, 3.05) is 26.8 Å². The van der Waals surface area contributed by atoms with Crippen molar-refractivity contribution in [3.63, 3.8) is 0 Å². The molecule has 0 radical (unpaired) electrons. The predicted octanol–water partition coefficient (Wildman–Crippen LogP) is 3.08. The number of amides is 2. The summed E-state index contributed by atoms with van der Waals surface area (Å²) in [5.41, 5.74) is 1.03. The van der Waals surface area contributed by atoms with Gasteiger partial charge >= 0.3 is 0 Å². The van der Waals surface area contributed by atoms with E-state index in [0.29, 0.717) is 44.8 Å².